The Labute approximate surface area is 150 Å². The Hall–Kier alpha value is -2.13. The Kier molecular flexibility index (Phi) is 5.54. The van der Waals surface area contributed by atoms with Gasteiger partial charge in [-0.3, -0.25) is 4.79 Å². The summed E-state index contributed by atoms with van der Waals surface area (Å²) in [7, 11) is 2.13. The van der Waals surface area contributed by atoms with Crippen molar-refractivity contribution in [3.63, 3.8) is 0 Å². The molecule has 25 heavy (non-hydrogen) atoms. The van der Waals surface area contributed by atoms with Crippen LogP contribution in [0.5, 0.6) is 0 Å². The van der Waals surface area contributed by atoms with Crippen LogP contribution in [-0.2, 0) is 21.6 Å². The molecule has 1 fully saturated rings. The number of esters is 1. The van der Waals surface area contributed by atoms with Crippen LogP contribution >= 0.6 is 0 Å². The van der Waals surface area contributed by atoms with E-state index in [0.717, 1.165) is 32.4 Å². The molecule has 0 bridgehead atoms. The number of nitrogens with zero attached hydrogens (tertiary/aromatic N) is 1. The van der Waals surface area contributed by atoms with Gasteiger partial charge in [-0.15, -0.1) is 0 Å². The minimum absolute atomic E-state index is 0.112. The summed E-state index contributed by atoms with van der Waals surface area (Å²) in [6, 6.07) is 18.9. The van der Waals surface area contributed by atoms with Crippen molar-refractivity contribution in [1.29, 1.82) is 0 Å². The molecule has 1 saturated heterocycles. The fourth-order valence-electron chi connectivity index (χ4n) is 3.63. The highest BCUT2D eigenvalue weighted by Gasteiger charge is 2.40. The van der Waals surface area contributed by atoms with Gasteiger partial charge in [0.25, 0.3) is 0 Å². The van der Waals surface area contributed by atoms with Crippen LogP contribution in [0.4, 0.5) is 0 Å². The molecule has 1 aliphatic rings. The van der Waals surface area contributed by atoms with Gasteiger partial charge in [0.05, 0.1) is 0 Å². The summed E-state index contributed by atoms with van der Waals surface area (Å²) < 4.78 is 6.08. The Balaban J connectivity index is 1.97. The fourth-order valence-corrected chi connectivity index (χ4v) is 3.63. The summed E-state index contributed by atoms with van der Waals surface area (Å²) in [6.07, 6.45) is 2.97. The van der Waals surface area contributed by atoms with E-state index in [0.29, 0.717) is 6.42 Å². The van der Waals surface area contributed by atoms with Crippen molar-refractivity contribution in [1.82, 2.24) is 4.90 Å². The molecule has 132 valence electrons. The summed E-state index contributed by atoms with van der Waals surface area (Å²) in [5.74, 6) is -0.112. The highest BCUT2D eigenvalue weighted by Crippen LogP contribution is 2.39. The smallest absolute Gasteiger partial charge is 0.306 e. The molecule has 3 nitrogen and oxygen atoms in total. The van der Waals surface area contributed by atoms with E-state index < -0.39 is 5.60 Å². The van der Waals surface area contributed by atoms with E-state index in [1.807, 2.05) is 13.0 Å². The Morgan fingerprint density at radius 2 is 1.68 bits per heavy atom. The number of hydrogen-bond acceptors (Lipinski definition) is 3. The quantitative estimate of drug-likeness (QED) is 0.768. The molecule has 3 heteroatoms. The molecule has 0 unspecified atom stereocenters. The number of hydrogen-bond donors (Lipinski definition) is 0. The van der Waals surface area contributed by atoms with Crippen molar-refractivity contribution < 1.29 is 9.53 Å². The first kappa shape index (κ1) is 17.7. The van der Waals surface area contributed by atoms with E-state index in [1.165, 1.54) is 16.7 Å². The van der Waals surface area contributed by atoms with Gasteiger partial charge in [0, 0.05) is 32.4 Å². The van der Waals surface area contributed by atoms with Crippen LogP contribution < -0.4 is 0 Å². The Morgan fingerprint density at radius 3 is 2.36 bits per heavy atom. The minimum atomic E-state index is -0.495. The highest BCUT2D eigenvalue weighted by molar-refractivity contribution is 5.69. The normalized spacial score (nSPS) is 17.2. The fraction of sp³-hybridized carbons (Fsp3) is 0.409. The molecule has 0 radical (unpaired) electrons. The first-order chi connectivity index (χ1) is 12.1. The van der Waals surface area contributed by atoms with Gasteiger partial charge in [0.2, 0.25) is 0 Å². The van der Waals surface area contributed by atoms with Crippen LogP contribution in [0, 0.1) is 0 Å². The predicted octanol–water partition coefficient (Wildman–Crippen LogP) is 4.15. The van der Waals surface area contributed by atoms with E-state index in [2.05, 4.69) is 60.5 Å². The maximum Gasteiger partial charge on any atom is 0.306 e. The molecule has 0 spiro atoms. The topological polar surface area (TPSA) is 29.5 Å². The second-order valence-electron chi connectivity index (χ2n) is 6.94. The largest absolute Gasteiger partial charge is 0.454 e. The zero-order valence-corrected chi connectivity index (χ0v) is 15.2. The summed E-state index contributed by atoms with van der Waals surface area (Å²) in [5.41, 5.74) is 3.21. The first-order valence-electron chi connectivity index (χ1n) is 9.15. The number of carbonyl (C=O) groups excluding carboxylic acids is 1. The van der Waals surface area contributed by atoms with Crippen LogP contribution in [0.3, 0.4) is 0 Å². The van der Waals surface area contributed by atoms with Gasteiger partial charge in [-0.05, 0) is 30.2 Å². The molecule has 2 aromatic carbocycles. The second kappa shape index (κ2) is 7.83. The molecule has 1 heterocycles. The lowest BCUT2D eigenvalue weighted by Crippen LogP contribution is -2.44. The summed E-state index contributed by atoms with van der Waals surface area (Å²) >= 11 is 0. The molecule has 2 aromatic rings. The average Bonchev–Trinajstić information content (AvgIpc) is 2.65. The predicted molar refractivity (Wildman–Crippen MR) is 100 cm³/mol. The van der Waals surface area contributed by atoms with Crippen LogP contribution in [0.1, 0.15) is 42.9 Å². The lowest BCUT2D eigenvalue weighted by atomic mass is 9.80. The third-order valence-corrected chi connectivity index (χ3v) is 5.14. The monoisotopic (exact) mass is 337 g/mol. The van der Waals surface area contributed by atoms with Gasteiger partial charge in [0.15, 0.2) is 0 Å². The molecular weight excluding hydrogens is 310 g/mol. The van der Waals surface area contributed by atoms with E-state index in [4.69, 9.17) is 4.74 Å². The van der Waals surface area contributed by atoms with Crippen LogP contribution in [-0.4, -0.2) is 31.0 Å². The Morgan fingerprint density at radius 1 is 1.04 bits per heavy atom. The van der Waals surface area contributed by atoms with Gasteiger partial charge in [-0.2, -0.15) is 0 Å². The van der Waals surface area contributed by atoms with Crippen molar-refractivity contribution >= 4 is 5.97 Å². The van der Waals surface area contributed by atoms with E-state index in [1.54, 1.807) is 0 Å². The Bertz CT molecular complexity index is 703. The SMILES string of the molecule is CCC(=O)OC1(c2ccccc2Cc2ccccc2)CCN(C)CC1. The van der Waals surface area contributed by atoms with Crippen molar-refractivity contribution in [2.75, 3.05) is 20.1 Å². The first-order valence-corrected chi connectivity index (χ1v) is 9.15. The second-order valence-corrected chi connectivity index (χ2v) is 6.94. The molecule has 0 aliphatic carbocycles. The zero-order chi connectivity index (χ0) is 17.7. The van der Waals surface area contributed by atoms with Crippen LogP contribution in [0.15, 0.2) is 54.6 Å². The molecule has 0 amide bonds. The lowest BCUT2D eigenvalue weighted by Gasteiger charge is -2.41. The van der Waals surface area contributed by atoms with Crippen LogP contribution in [0.25, 0.3) is 0 Å². The zero-order valence-electron chi connectivity index (χ0n) is 15.2. The van der Waals surface area contributed by atoms with Crippen molar-refractivity contribution in [2.45, 2.75) is 38.2 Å². The van der Waals surface area contributed by atoms with Gasteiger partial charge < -0.3 is 9.64 Å². The third kappa shape index (κ3) is 4.10. The van der Waals surface area contributed by atoms with Gasteiger partial charge in [-0.1, -0.05) is 61.5 Å². The third-order valence-electron chi connectivity index (χ3n) is 5.14. The number of carbonyl (C=O) groups is 1. The maximum absolute atomic E-state index is 12.2. The molecule has 0 saturated carbocycles. The van der Waals surface area contributed by atoms with Crippen molar-refractivity contribution in [3.8, 4) is 0 Å². The average molecular weight is 337 g/mol. The van der Waals surface area contributed by atoms with E-state index in [-0.39, 0.29) is 5.97 Å². The van der Waals surface area contributed by atoms with Crippen molar-refractivity contribution in [2.24, 2.45) is 0 Å². The molecule has 0 atom stereocenters. The number of likely N-dealkylation sites (tertiary alicyclic amines) is 1. The number of ether oxygens (including phenoxy) is 1. The van der Waals surface area contributed by atoms with Gasteiger partial charge in [0.1, 0.15) is 5.60 Å². The molecular formula is C22H27NO2. The molecule has 0 aromatic heterocycles. The molecule has 1 aliphatic heterocycles. The standard InChI is InChI=1S/C22H27NO2/c1-3-21(24)25-22(13-15-23(2)16-14-22)20-12-8-7-11-19(20)17-18-9-5-4-6-10-18/h4-12H,3,13-17H2,1-2H3. The summed E-state index contributed by atoms with van der Waals surface area (Å²) in [6.45, 7) is 3.74. The summed E-state index contributed by atoms with van der Waals surface area (Å²) in [4.78, 5) is 14.5. The number of rotatable bonds is 5. The molecule has 3 rings (SSSR count). The van der Waals surface area contributed by atoms with Gasteiger partial charge in [-0.25, -0.2) is 0 Å². The summed E-state index contributed by atoms with van der Waals surface area (Å²) in [5, 5.41) is 0. The van der Waals surface area contributed by atoms with Crippen LogP contribution in [0.2, 0.25) is 0 Å². The minimum Gasteiger partial charge on any atom is -0.454 e. The van der Waals surface area contributed by atoms with E-state index in [9.17, 15) is 4.79 Å². The number of piperidine rings is 1. The van der Waals surface area contributed by atoms with Crippen molar-refractivity contribution in [3.05, 3.63) is 71.3 Å². The molecule has 0 N–H and O–H groups in total. The lowest BCUT2D eigenvalue weighted by molar-refractivity contribution is -0.166. The number of benzene rings is 2. The van der Waals surface area contributed by atoms with E-state index >= 15 is 0 Å². The maximum atomic E-state index is 12.2. The highest BCUT2D eigenvalue weighted by atomic mass is 16.6. The van der Waals surface area contributed by atoms with Gasteiger partial charge >= 0.3 is 5.97 Å².